The van der Waals surface area contributed by atoms with Crippen molar-refractivity contribution in [1.82, 2.24) is 4.98 Å². The molecular formula is C15H14FNO. The molecule has 1 aromatic heterocycles. The van der Waals surface area contributed by atoms with E-state index in [2.05, 4.69) is 4.98 Å². The Bertz CT molecular complexity index is 555. The third-order valence-corrected chi connectivity index (χ3v) is 2.68. The molecule has 0 radical (unpaired) electrons. The van der Waals surface area contributed by atoms with Gasteiger partial charge in [-0.15, -0.1) is 0 Å². The number of pyridine rings is 1. The second-order valence-electron chi connectivity index (χ2n) is 4.44. The Morgan fingerprint density at radius 3 is 2.56 bits per heavy atom. The molecule has 0 unspecified atom stereocenters. The summed E-state index contributed by atoms with van der Waals surface area (Å²) in [5.74, 6) is -0.496. The summed E-state index contributed by atoms with van der Waals surface area (Å²) in [5, 5.41) is 0. The van der Waals surface area contributed by atoms with Crippen molar-refractivity contribution in [2.75, 3.05) is 0 Å². The van der Waals surface area contributed by atoms with Gasteiger partial charge in [0.2, 0.25) is 0 Å². The van der Waals surface area contributed by atoms with Crippen LogP contribution >= 0.6 is 0 Å². The minimum Gasteiger partial charge on any atom is -0.294 e. The molecular weight excluding hydrogens is 229 g/mol. The van der Waals surface area contributed by atoms with Gasteiger partial charge in [-0.2, -0.15) is 0 Å². The molecule has 2 nitrogen and oxygen atoms in total. The largest absolute Gasteiger partial charge is 0.294 e. The van der Waals surface area contributed by atoms with E-state index in [0.717, 1.165) is 11.1 Å². The van der Waals surface area contributed by atoms with Gasteiger partial charge < -0.3 is 0 Å². The molecule has 3 heteroatoms. The van der Waals surface area contributed by atoms with Crippen LogP contribution in [0.5, 0.6) is 0 Å². The lowest BCUT2D eigenvalue weighted by Gasteiger charge is -2.03. The molecule has 0 saturated heterocycles. The minimum absolute atomic E-state index is 0.117. The van der Waals surface area contributed by atoms with Crippen LogP contribution in [0.25, 0.3) is 0 Å². The molecule has 92 valence electrons. The van der Waals surface area contributed by atoms with Crippen LogP contribution in [-0.4, -0.2) is 10.8 Å². The van der Waals surface area contributed by atoms with Crippen LogP contribution in [0.2, 0.25) is 0 Å². The number of benzene rings is 1. The number of Topliss-reactive ketones (excluding diaryl/α,β-unsaturated/α-hetero) is 1. The first kappa shape index (κ1) is 12.4. The van der Waals surface area contributed by atoms with E-state index in [1.165, 1.54) is 12.1 Å². The Hall–Kier alpha value is -2.03. The highest BCUT2D eigenvalue weighted by molar-refractivity contribution is 5.97. The van der Waals surface area contributed by atoms with Gasteiger partial charge in [0.05, 0.1) is 6.42 Å². The minimum atomic E-state index is -0.379. The lowest BCUT2D eigenvalue weighted by Crippen LogP contribution is -2.06. The summed E-state index contributed by atoms with van der Waals surface area (Å²) in [6.07, 6.45) is 1.92. The van der Waals surface area contributed by atoms with Crippen molar-refractivity contribution in [2.24, 2.45) is 0 Å². The first-order valence-corrected chi connectivity index (χ1v) is 5.76. The third kappa shape index (κ3) is 3.00. The van der Waals surface area contributed by atoms with Gasteiger partial charge in [0.15, 0.2) is 5.78 Å². The van der Waals surface area contributed by atoms with Gasteiger partial charge in [0.1, 0.15) is 5.82 Å². The molecule has 0 amide bonds. The summed E-state index contributed by atoms with van der Waals surface area (Å²) >= 11 is 0. The van der Waals surface area contributed by atoms with E-state index < -0.39 is 0 Å². The Balaban J connectivity index is 2.19. The molecule has 0 aliphatic carbocycles. The topological polar surface area (TPSA) is 30.0 Å². The van der Waals surface area contributed by atoms with Gasteiger partial charge in [-0.25, -0.2) is 4.39 Å². The summed E-state index contributed by atoms with van der Waals surface area (Å²) in [6.45, 7) is 3.71. The predicted octanol–water partition coefficient (Wildman–Crippen LogP) is 3.26. The van der Waals surface area contributed by atoms with E-state index >= 15 is 0 Å². The van der Waals surface area contributed by atoms with Crippen LogP contribution in [0.4, 0.5) is 4.39 Å². The molecule has 0 fully saturated rings. The molecule has 1 heterocycles. The fraction of sp³-hybridized carbons (Fsp3) is 0.200. The predicted molar refractivity (Wildman–Crippen MR) is 68.1 cm³/mol. The summed E-state index contributed by atoms with van der Waals surface area (Å²) in [6, 6.07) is 8.09. The van der Waals surface area contributed by atoms with Crippen LogP contribution < -0.4 is 0 Å². The van der Waals surface area contributed by atoms with Gasteiger partial charge in [-0.3, -0.25) is 9.78 Å². The van der Waals surface area contributed by atoms with Gasteiger partial charge >= 0.3 is 0 Å². The number of nitrogens with zero attached hydrogens (tertiary/aromatic N) is 1. The average Bonchev–Trinajstić information content (AvgIpc) is 2.31. The Morgan fingerprint density at radius 2 is 1.94 bits per heavy atom. The third-order valence-electron chi connectivity index (χ3n) is 2.68. The quantitative estimate of drug-likeness (QED) is 0.774. The Kier molecular flexibility index (Phi) is 3.51. The number of carbonyl (C=O) groups is 1. The molecule has 0 aliphatic rings. The average molecular weight is 243 g/mol. The SMILES string of the molecule is Cc1ccc(CC(=O)c2cc(C)cc(F)c2)nc1. The highest BCUT2D eigenvalue weighted by Crippen LogP contribution is 2.11. The van der Waals surface area contributed by atoms with Crippen molar-refractivity contribution in [2.45, 2.75) is 20.3 Å². The number of aromatic nitrogens is 1. The Morgan fingerprint density at radius 1 is 1.17 bits per heavy atom. The number of hydrogen-bond donors (Lipinski definition) is 0. The first-order chi connectivity index (χ1) is 8.54. The maximum Gasteiger partial charge on any atom is 0.168 e. The standard InChI is InChI=1S/C15H14FNO/c1-10-3-4-14(17-9-10)8-15(18)12-5-11(2)6-13(16)7-12/h3-7,9H,8H2,1-2H3. The highest BCUT2D eigenvalue weighted by Gasteiger charge is 2.09. The number of hydrogen-bond acceptors (Lipinski definition) is 2. The van der Waals surface area contributed by atoms with Crippen LogP contribution in [-0.2, 0) is 6.42 Å². The fourth-order valence-electron chi connectivity index (χ4n) is 1.77. The van der Waals surface area contributed by atoms with Crippen molar-refractivity contribution in [3.8, 4) is 0 Å². The molecule has 18 heavy (non-hydrogen) atoms. The van der Waals surface area contributed by atoms with Gasteiger partial charge in [0, 0.05) is 17.5 Å². The molecule has 1 aromatic carbocycles. The van der Waals surface area contributed by atoms with E-state index in [1.54, 1.807) is 19.2 Å². The van der Waals surface area contributed by atoms with Crippen LogP contribution in [0.3, 0.4) is 0 Å². The zero-order chi connectivity index (χ0) is 13.1. The van der Waals surface area contributed by atoms with Crippen LogP contribution in [0.1, 0.15) is 27.2 Å². The smallest absolute Gasteiger partial charge is 0.168 e. The van der Waals surface area contributed by atoms with E-state index in [9.17, 15) is 9.18 Å². The van der Waals surface area contributed by atoms with E-state index in [0.29, 0.717) is 11.3 Å². The molecule has 2 aromatic rings. The number of carbonyl (C=O) groups excluding carboxylic acids is 1. The molecule has 0 saturated carbocycles. The number of halogens is 1. The highest BCUT2D eigenvalue weighted by atomic mass is 19.1. The molecule has 0 bridgehead atoms. The summed E-state index contributed by atoms with van der Waals surface area (Å²) < 4.78 is 13.2. The molecule has 0 aliphatic heterocycles. The van der Waals surface area contributed by atoms with Gasteiger partial charge in [0.25, 0.3) is 0 Å². The normalized spacial score (nSPS) is 10.4. The number of rotatable bonds is 3. The first-order valence-electron chi connectivity index (χ1n) is 5.76. The van der Waals surface area contributed by atoms with Crippen molar-refractivity contribution >= 4 is 5.78 Å². The van der Waals surface area contributed by atoms with Gasteiger partial charge in [-0.1, -0.05) is 6.07 Å². The van der Waals surface area contributed by atoms with Gasteiger partial charge in [-0.05, 0) is 49.2 Å². The zero-order valence-corrected chi connectivity index (χ0v) is 10.4. The van der Waals surface area contributed by atoms with E-state index in [1.807, 2.05) is 19.1 Å². The van der Waals surface area contributed by atoms with Crippen molar-refractivity contribution < 1.29 is 9.18 Å². The molecule has 0 spiro atoms. The van der Waals surface area contributed by atoms with Crippen LogP contribution in [0, 0.1) is 19.7 Å². The molecule has 2 rings (SSSR count). The molecule has 0 atom stereocenters. The van der Waals surface area contributed by atoms with E-state index in [-0.39, 0.29) is 18.0 Å². The molecule has 0 N–H and O–H groups in total. The number of ketones is 1. The number of aryl methyl sites for hydroxylation is 2. The van der Waals surface area contributed by atoms with Crippen molar-refractivity contribution in [3.05, 3.63) is 64.7 Å². The van der Waals surface area contributed by atoms with Crippen LogP contribution in [0.15, 0.2) is 36.5 Å². The Labute approximate surface area is 105 Å². The maximum atomic E-state index is 13.2. The second-order valence-corrected chi connectivity index (χ2v) is 4.44. The van der Waals surface area contributed by atoms with Crippen molar-refractivity contribution in [1.29, 1.82) is 0 Å². The lowest BCUT2D eigenvalue weighted by atomic mass is 10.0. The fourth-order valence-corrected chi connectivity index (χ4v) is 1.77. The summed E-state index contributed by atoms with van der Waals surface area (Å²) in [7, 11) is 0. The summed E-state index contributed by atoms with van der Waals surface area (Å²) in [5.41, 5.74) is 2.89. The lowest BCUT2D eigenvalue weighted by molar-refractivity contribution is 0.0991. The second kappa shape index (κ2) is 5.08. The van der Waals surface area contributed by atoms with Crippen molar-refractivity contribution in [3.63, 3.8) is 0 Å². The monoisotopic (exact) mass is 243 g/mol. The van der Waals surface area contributed by atoms with E-state index in [4.69, 9.17) is 0 Å². The zero-order valence-electron chi connectivity index (χ0n) is 10.4. The maximum absolute atomic E-state index is 13.2. The summed E-state index contributed by atoms with van der Waals surface area (Å²) in [4.78, 5) is 16.2.